The standard InChI is InChI=1S/C14H21N3O3S/c1-14(6-8-16-9-7-14)10-17-21(19,20)12-4-2-11(3-5-12)13(15)18/h2-5,16-17H,6-10H2,1H3,(H2,15,18). The fourth-order valence-corrected chi connectivity index (χ4v) is 3.56. The second-order valence-electron chi connectivity index (χ2n) is 5.77. The number of carbonyl (C=O) groups excluding carboxylic acids is 1. The zero-order valence-electron chi connectivity index (χ0n) is 12.1. The average Bonchev–Trinajstić information content (AvgIpc) is 2.46. The van der Waals surface area contributed by atoms with E-state index in [-0.39, 0.29) is 10.3 Å². The van der Waals surface area contributed by atoms with Crippen molar-refractivity contribution in [1.82, 2.24) is 10.0 Å². The van der Waals surface area contributed by atoms with E-state index in [4.69, 9.17) is 5.73 Å². The molecule has 1 aromatic carbocycles. The van der Waals surface area contributed by atoms with Gasteiger partial charge in [0, 0.05) is 12.1 Å². The molecule has 0 spiro atoms. The van der Waals surface area contributed by atoms with Gasteiger partial charge >= 0.3 is 0 Å². The van der Waals surface area contributed by atoms with E-state index in [0.29, 0.717) is 12.1 Å². The summed E-state index contributed by atoms with van der Waals surface area (Å²) in [5, 5.41) is 3.26. The summed E-state index contributed by atoms with van der Waals surface area (Å²) < 4.78 is 27.2. The van der Waals surface area contributed by atoms with Crippen LogP contribution in [0, 0.1) is 5.41 Å². The maximum Gasteiger partial charge on any atom is 0.248 e. The highest BCUT2D eigenvalue weighted by Gasteiger charge is 2.28. The summed E-state index contributed by atoms with van der Waals surface area (Å²) in [5.74, 6) is -0.575. The van der Waals surface area contributed by atoms with Crippen molar-refractivity contribution in [3.63, 3.8) is 0 Å². The largest absolute Gasteiger partial charge is 0.366 e. The predicted molar refractivity (Wildman–Crippen MR) is 80.4 cm³/mol. The van der Waals surface area contributed by atoms with Crippen molar-refractivity contribution >= 4 is 15.9 Å². The summed E-state index contributed by atoms with van der Waals surface area (Å²) in [6.45, 7) is 4.32. The summed E-state index contributed by atoms with van der Waals surface area (Å²) in [6.07, 6.45) is 1.88. The molecule has 1 aromatic rings. The van der Waals surface area contributed by atoms with Crippen LogP contribution in [0.25, 0.3) is 0 Å². The van der Waals surface area contributed by atoms with Crippen LogP contribution in [-0.2, 0) is 10.0 Å². The van der Waals surface area contributed by atoms with Gasteiger partial charge in [0.05, 0.1) is 4.90 Å². The van der Waals surface area contributed by atoms with E-state index in [2.05, 4.69) is 17.0 Å². The molecule has 4 N–H and O–H groups in total. The first-order chi connectivity index (χ1) is 9.82. The second kappa shape index (κ2) is 6.13. The van der Waals surface area contributed by atoms with E-state index in [9.17, 15) is 13.2 Å². The number of rotatable bonds is 5. The summed E-state index contributed by atoms with van der Waals surface area (Å²) in [4.78, 5) is 11.1. The lowest BCUT2D eigenvalue weighted by Gasteiger charge is -2.34. The van der Waals surface area contributed by atoms with Crippen LogP contribution < -0.4 is 15.8 Å². The van der Waals surface area contributed by atoms with Crippen LogP contribution in [0.4, 0.5) is 0 Å². The Bertz CT molecular complexity index is 605. The number of amides is 1. The van der Waals surface area contributed by atoms with Crippen LogP contribution in [0.2, 0.25) is 0 Å². The Morgan fingerprint density at radius 3 is 2.38 bits per heavy atom. The highest BCUT2D eigenvalue weighted by atomic mass is 32.2. The molecule has 0 bridgehead atoms. The number of nitrogens with one attached hydrogen (secondary N) is 2. The van der Waals surface area contributed by atoms with Crippen LogP contribution >= 0.6 is 0 Å². The van der Waals surface area contributed by atoms with Crippen LogP contribution in [0.5, 0.6) is 0 Å². The smallest absolute Gasteiger partial charge is 0.248 e. The highest BCUT2D eigenvalue weighted by molar-refractivity contribution is 7.89. The summed E-state index contributed by atoms with van der Waals surface area (Å²) in [6, 6.07) is 5.63. The summed E-state index contributed by atoms with van der Waals surface area (Å²) in [5.41, 5.74) is 5.41. The fraction of sp³-hybridized carbons (Fsp3) is 0.500. The van der Waals surface area contributed by atoms with Crippen LogP contribution in [0.1, 0.15) is 30.1 Å². The first-order valence-corrected chi connectivity index (χ1v) is 8.41. The molecule has 1 saturated heterocycles. The molecule has 1 heterocycles. The van der Waals surface area contributed by atoms with Gasteiger partial charge in [-0.25, -0.2) is 13.1 Å². The zero-order chi connectivity index (χ0) is 15.5. The van der Waals surface area contributed by atoms with Crippen molar-refractivity contribution in [3.8, 4) is 0 Å². The van der Waals surface area contributed by atoms with E-state index in [0.717, 1.165) is 25.9 Å². The van der Waals surface area contributed by atoms with Gasteiger partial charge in [0.2, 0.25) is 15.9 Å². The lowest BCUT2D eigenvalue weighted by molar-refractivity contribution is 0.1000. The third-order valence-electron chi connectivity index (χ3n) is 3.95. The molecule has 0 unspecified atom stereocenters. The van der Waals surface area contributed by atoms with Crippen molar-refractivity contribution in [3.05, 3.63) is 29.8 Å². The molecule has 21 heavy (non-hydrogen) atoms. The topological polar surface area (TPSA) is 101 Å². The molecular weight excluding hydrogens is 290 g/mol. The molecule has 1 fully saturated rings. The molecule has 1 amide bonds. The molecule has 0 aliphatic carbocycles. The quantitative estimate of drug-likeness (QED) is 0.735. The van der Waals surface area contributed by atoms with Crippen LogP contribution in [-0.4, -0.2) is 34.0 Å². The van der Waals surface area contributed by atoms with E-state index in [1.54, 1.807) is 0 Å². The van der Waals surface area contributed by atoms with Crippen LogP contribution in [0.15, 0.2) is 29.2 Å². The highest BCUT2D eigenvalue weighted by Crippen LogP contribution is 2.27. The summed E-state index contributed by atoms with van der Waals surface area (Å²) >= 11 is 0. The normalized spacial score (nSPS) is 18.3. The van der Waals surface area contributed by atoms with Gasteiger partial charge in [0.1, 0.15) is 0 Å². The lowest BCUT2D eigenvalue weighted by atomic mass is 9.81. The SMILES string of the molecule is CC1(CNS(=O)(=O)c2ccc(C(N)=O)cc2)CCNCC1. The monoisotopic (exact) mass is 311 g/mol. The minimum absolute atomic E-state index is 0.0223. The number of nitrogens with two attached hydrogens (primary N) is 1. The Kier molecular flexibility index (Phi) is 4.65. The fourth-order valence-electron chi connectivity index (χ4n) is 2.36. The number of primary amides is 1. The number of benzene rings is 1. The number of sulfonamides is 1. The van der Waals surface area contributed by atoms with Gasteiger partial charge in [-0.05, 0) is 55.6 Å². The first kappa shape index (κ1) is 15.9. The molecule has 7 heteroatoms. The van der Waals surface area contributed by atoms with Crippen molar-refractivity contribution in [2.75, 3.05) is 19.6 Å². The number of hydrogen-bond donors (Lipinski definition) is 3. The van der Waals surface area contributed by atoms with E-state index >= 15 is 0 Å². The van der Waals surface area contributed by atoms with Crippen molar-refractivity contribution < 1.29 is 13.2 Å². The Balaban J connectivity index is 2.05. The van der Waals surface area contributed by atoms with E-state index in [1.807, 2.05) is 0 Å². The molecule has 0 aromatic heterocycles. The zero-order valence-corrected chi connectivity index (χ0v) is 12.9. The number of piperidine rings is 1. The number of carbonyl (C=O) groups is 1. The maximum atomic E-state index is 12.3. The van der Waals surface area contributed by atoms with Gasteiger partial charge in [0.25, 0.3) is 0 Å². The Hall–Kier alpha value is -1.44. The van der Waals surface area contributed by atoms with E-state index in [1.165, 1.54) is 24.3 Å². The molecule has 0 atom stereocenters. The minimum Gasteiger partial charge on any atom is -0.366 e. The number of hydrogen-bond acceptors (Lipinski definition) is 4. The van der Waals surface area contributed by atoms with Gasteiger partial charge in [-0.15, -0.1) is 0 Å². The maximum absolute atomic E-state index is 12.3. The first-order valence-electron chi connectivity index (χ1n) is 6.93. The van der Waals surface area contributed by atoms with Crippen molar-refractivity contribution in [1.29, 1.82) is 0 Å². The second-order valence-corrected chi connectivity index (χ2v) is 7.54. The third-order valence-corrected chi connectivity index (χ3v) is 5.37. The van der Waals surface area contributed by atoms with Gasteiger partial charge < -0.3 is 11.1 Å². The van der Waals surface area contributed by atoms with Gasteiger partial charge in [-0.3, -0.25) is 4.79 Å². The molecule has 116 valence electrons. The molecule has 2 rings (SSSR count). The lowest BCUT2D eigenvalue weighted by Crippen LogP contribution is -2.42. The predicted octanol–water partition coefficient (Wildman–Crippen LogP) is 0.454. The van der Waals surface area contributed by atoms with Gasteiger partial charge in [-0.2, -0.15) is 0 Å². The summed E-state index contributed by atoms with van der Waals surface area (Å²) in [7, 11) is -3.56. The average molecular weight is 311 g/mol. The Morgan fingerprint density at radius 2 is 1.86 bits per heavy atom. The van der Waals surface area contributed by atoms with Gasteiger partial charge in [0.15, 0.2) is 0 Å². The molecule has 1 aliphatic rings. The Labute approximate surface area is 125 Å². The van der Waals surface area contributed by atoms with Crippen LogP contribution in [0.3, 0.4) is 0 Å². The third kappa shape index (κ3) is 4.03. The molecular formula is C14H21N3O3S. The molecule has 1 aliphatic heterocycles. The minimum atomic E-state index is -3.56. The molecule has 6 nitrogen and oxygen atoms in total. The van der Waals surface area contributed by atoms with Crippen molar-refractivity contribution in [2.24, 2.45) is 11.1 Å². The van der Waals surface area contributed by atoms with Gasteiger partial charge in [-0.1, -0.05) is 6.92 Å². The Morgan fingerprint density at radius 1 is 1.29 bits per heavy atom. The van der Waals surface area contributed by atoms with Crippen molar-refractivity contribution in [2.45, 2.75) is 24.7 Å². The molecule has 0 radical (unpaired) electrons. The van der Waals surface area contributed by atoms with E-state index < -0.39 is 15.9 Å². The molecule has 0 saturated carbocycles.